The fourth-order valence-corrected chi connectivity index (χ4v) is 3.50. The van der Waals surface area contributed by atoms with E-state index in [1.54, 1.807) is 6.07 Å². The van der Waals surface area contributed by atoms with E-state index in [0.29, 0.717) is 16.1 Å². The molecular weight excluding hydrogens is 354 g/mol. The molecule has 1 aromatic carbocycles. The van der Waals surface area contributed by atoms with Gasteiger partial charge in [-0.3, -0.25) is 0 Å². The molecule has 7 heteroatoms. The third-order valence-electron chi connectivity index (χ3n) is 2.41. The Balaban J connectivity index is 3.10. The van der Waals surface area contributed by atoms with Crippen molar-refractivity contribution in [1.29, 1.82) is 0 Å². The van der Waals surface area contributed by atoms with E-state index in [0.717, 1.165) is 0 Å². The first kappa shape index (κ1) is 16.7. The van der Waals surface area contributed by atoms with E-state index in [2.05, 4.69) is 22.5 Å². The van der Waals surface area contributed by atoms with Gasteiger partial charge in [0.25, 0.3) is 0 Å². The van der Waals surface area contributed by atoms with Gasteiger partial charge in [0, 0.05) is 24.7 Å². The van der Waals surface area contributed by atoms with Crippen LogP contribution in [0.25, 0.3) is 0 Å². The maximum Gasteiger partial charge on any atom is 0.243 e. The average Bonchev–Trinajstić information content (AvgIpc) is 2.37. The minimum Gasteiger partial charge on any atom is -0.383 e. The molecule has 0 unspecified atom stereocenters. The SMILES string of the molecule is C=CCN(CCOC)S(=O)(=O)c1ccc(Cl)c(Br)c1. The Morgan fingerprint density at radius 1 is 1.53 bits per heavy atom. The Bertz CT molecular complexity index is 548. The lowest BCUT2D eigenvalue weighted by Gasteiger charge is -2.20. The summed E-state index contributed by atoms with van der Waals surface area (Å²) >= 11 is 9.08. The number of hydrogen-bond acceptors (Lipinski definition) is 3. The van der Waals surface area contributed by atoms with Gasteiger partial charge >= 0.3 is 0 Å². The highest BCUT2D eigenvalue weighted by Gasteiger charge is 2.23. The van der Waals surface area contributed by atoms with Crippen molar-refractivity contribution in [3.8, 4) is 0 Å². The highest BCUT2D eigenvalue weighted by molar-refractivity contribution is 9.10. The maximum absolute atomic E-state index is 12.5. The molecule has 0 aromatic heterocycles. The molecule has 0 spiro atoms. The Labute approximate surface area is 127 Å². The lowest BCUT2D eigenvalue weighted by atomic mass is 10.4. The number of benzene rings is 1. The first-order valence-corrected chi connectivity index (χ1v) is 8.09. The molecule has 1 aromatic rings. The van der Waals surface area contributed by atoms with Gasteiger partial charge in [0.05, 0.1) is 16.5 Å². The summed E-state index contributed by atoms with van der Waals surface area (Å²) in [7, 11) is -2.06. The number of sulfonamides is 1. The smallest absolute Gasteiger partial charge is 0.243 e. The van der Waals surface area contributed by atoms with Crippen LogP contribution in [0.2, 0.25) is 5.02 Å². The van der Waals surface area contributed by atoms with Crippen LogP contribution in [-0.2, 0) is 14.8 Å². The minimum absolute atomic E-state index is 0.182. The van der Waals surface area contributed by atoms with Gasteiger partial charge in [-0.2, -0.15) is 4.31 Å². The molecule has 0 amide bonds. The van der Waals surface area contributed by atoms with Crippen molar-refractivity contribution in [2.75, 3.05) is 26.8 Å². The molecule has 0 aliphatic carbocycles. The highest BCUT2D eigenvalue weighted by atomic mass is 79.9. The third-order valence-corrected chi connectivity index (χ3v) is 5.48. The molecular formula is C12H15BrClNO3S. The number of hydrogen-bond donors (Lipinski definition) is 0. The van der Waals surface area contributed by atoms with E-state index >= 15 is 0 Å². The predicted octanol–water partition coefficient (Wildman–Crippen LogP) is 2.93. The summed E-state index contributed by atoms with van der Waals surface area (Å²) in [5, 5.41) is 0.464. The van der Waals surface area contributed by atoms with Crippen LogP contribution in [0.15, 0.2) is 40.2 Å². The van der Waals surface area contributed by atoms with E-state index in [1.165, 1.54) is 29.6 Å². The third kappa shape index (κ3) is 4.29. The molecule has 106 valence electrons. The molecule has 0 fully saturated rings. The van der Waals surface area contributed by atoms with Crippen LogP contribution in [0.4, 0.5) is 0 Å². The molecule has 19 heavy (non-hydrogen) atoms. The molecule has 0 heterocycles. The van der Waals surface area contributed by atoms with E-state index in [4.69, 9.17) is 16.3 Å². The van der Waals surface area contributed by atoms with Crippen molar-refractivity contribution in [2.24, 2.45) is 0 Å². The molecule has 0 aliphatic heterocycles. The second-order valence-electron chi connectivity index (χ2n) is 3.72. The predicted molar refractivity (Wildman–Crippen MR) is 80.0 cm³/mol. The summed E-state index contributed by atoms with van der Waals surface area (Å²) in [5.74, 6) is 0. The van der Waals surface area contributed by atoms with E-state index in [9.17, 15) is 8.42 Å². The Kier molecular flexibility index (Phi) is 6.49. The Hall–Kier alpha value is -0.400. The first-order valence-electron chi connectivity index (χ1n) is 5.48. The summed E-state index contributed by atoms with van der Waals surface area (Å²) in [4.78, 5) is 0.182. The minimum atomic E-state index is -3.58. The first-order chi connectivity index (χ1) is 8.93. The summed E-state index contributed by atoms with van der Waals surface area (Å²) in [6.07, 6.45) is 1.54. The second-order valence-corrected chi connectivity index (χ2v) is 6.92. The lowest BCUT2D eigenvalue weighted by Crippen LogP contribution is -2.34. The van der Waals surface area contributed by atoms with Crippen molar-refractivity contribution < 1.29 is 13.2 Å². The van der Waals surface area contributed by atoms with Crippen LogP contribution in [-0.4, -0.2) is 39.5 Å². The zero-order valence-electron chi connectivity index (χ0n) is 10.5. The quantitative estimate of drug-likeness (QED) is 0.695. The number of rotatable bonds is 7. The molecule has 0 saturated carbocycles. The van der Waals surface area contributed by atoms with Gasteiger partial charge in [-0.15, -0.1) is 6.58 Å². The largest absolute Gasteiger partial charge is 0.383 e. The van der Waals surface area contributed by atoms with Gasteiger partial charge in [0.15, 0.2) is 0 Å². The summed E-state index contributed by atoms with van der Waals surface area (Å²) in [6, 6.07) is 4.51. The zero-order valence-corrected chi connectivity index (χ0v) is 13.6. The molecule has 0 atom stereocenters. The molecule has 0 saturated heterocycles. The number of methoxy groups -OCH3 is 1. The monoisotopic (exact) mass is 367 g/mol. The molecule has 0 bridgehead atoms. The van der Waals surface area contributed by atoms with Crippen LogP contribution in [0.3, 0.4) is 0 Å². The van der Waals surface area contributed by atoms with Gasteiger partial charge in [-0.25, -0.2) is 8.42 Å². The van der Waals surface area contributed by atoms with Crippen molar-refractivity contribution in [2.45, 2.75) is 4.90 Å². The van der Waals surface area contributed by atoms with Gasteiger partial charge in [-0.1, -0.05) is 17.7 Å². The molecule has 4 nitrogen and oxygen atoms in total. The number of halogens is 2. The Morgan fingerprint density at radius 2 is 2.21 bits per heavy atom. The van der Waals surface area contributed by atoms with Crippen LogP contribution in [0.5, 0.6) is 0 Å². The molecule has 0 radical (unpaired) electrons. The van der Waals surface area contributed by atoms with Crippen molar-refractivity contribution in [3.63, 3.8) is 0 Å². The number of ether oxygens (including phenoxy) is 1. The van der Waals surface area contributed by atoms with Gasteiger partial charge in [0.1, 0.15) is 0 Å². The van der Waals surface area contributed by atoms with Crippen LogP contribution >= 0.6 is 27.5 Å². The molecule has 0 N–H and O–H groups in total. The normalized spacial score (nSPS) is 11.8. The summed E-state index contributed by atoms with van der Waals surface area (Å²) in [6.45, 7) is 4.39. The topological polar surface area (TPSA) is 46.6 Å². The van der Waals surface area contributed by atoms with Gasteiger partial charge in [-0.05, 0) is 34.1 Å². The molecule has 1 rings (SSSR count). The van der Waals surface area contributed by atoms with Gasteiger partial charge < -0.3 is 4.74 Å². The van der Waals surface area contributed by atoms with E-state index < -0.39 is 10.0 Å². The van der Waals surface area contributed by atoms with Crippen molar-refractivity contribution in [1.82, 2.24) is 4.31 Å². The average molecular weight is 369 g/mol. The fourth-order valence-electron chi connectivity index (χ4n) is 1.43. The standard InChI is InChI=1S/C12H15BrClNO3S/c1-3-6-15(7-8-18-2)19(16,17)10-4-5-12(14)11(13)9-10/h3-5,9H,1,6-8H2,2H3. The summed E-state index contributed by atoms with van der Waals surface area (Å²) in [5.41, 5.74) is 0. The van der Waals surface area contributed by atoms with Crippen molar-refractivity contribution in [3.05, 3.63) is 40.3 Å². The second kappa shape index (κ2) is 7.40. The zero-order chi connectivity index (χ0) is 14.5. The maximum atomic E-state index is 12.5. The van der Waals surface area contributed by atoms with Crippen LogP contribution in [0.1, 0.15) is 0 Å². The van der Waals surface area contributed by atoms with E-state index in [-0.39, 0.29) is 18.0 Å². The fraction of sp³-hybridized carbons (Fsp3) is 0.333. The number of nitrogens with zero attached hydrogens (tertiary/aromatic N) is 1. The summed E-state index contributed by atoms with van der Waals surface area (Å²) < 4.78 is 31.7. The van der Waals surface area contributed by atoms with E-state index in [1.807, 2.05) is 0 Å². The van der Waals surface area contributed by atoms with Crippen molar-refractivity contribution >= 4 is 37.6 Å². The Morgan fingerprint density at radius 3 is 2.74 bits per heavy atom. The molecule has 0 aliphatic rings. The lowest BCUT2D eigenvalue weighted by molar-refractivity contribution is 0.182. The van der Waals surface area contributed by atoms with Crippen LogP contribution < -0.4 is 0 Å². The van der Waals surface area contributed by atoms with Gasteiger partial charge in [0.2, 0.25) is 10.0 Å². The highest BCUT2D eigenvalue weighted by Crippen LogP contribution is 2.26. The van der Waals surface area contributed by atoms with Crippen LogP contribution in [0, 0.1) is 0 Å².